The Bertz CT molecular complexity index is 412. The van der Waals surface area contributed by atoms with E-state index in [1.807, 2.05) is 18.0 Å². The molecule has 0 saturated heterocycles. The zero-order valence-corrected chi connectivity index (χ0v) is 9.18. The molecule has 1 fully saturated rings. The number of rotatable bonds is 4. The number of aliphatic carboxylic acids is 1. The Hall–Kier alpha value is -1.71. The fourth-order valence-corrected chi connectivity index (χ4v) is 1.87. The van der Waals surface area contributed by atoms with Crippen molar-refractivity contribution in [3.05, 3.63) is 24.3 Å². The van der Waals surface area contributed by atoms with Gasteiger partial charge in [0, 0.05) is 25.3 Å². The third kappa shape index (κ3) is 1.96. The second kappa shape index (κ2) is 3.70. The summed E-state index contributed by atoms with van der Waals surface area (Å²) in [6.45, 7) is 0.492. The molecule has 4 heteroatoms. The largest absolute Gasteiger partial charge is 0.508 e. The van der Waals surface area contributed by atoms with Crippen molar-refractivity contribution in [2.75, 3.05) is 18.5 Å². The van der Waals surface area contributed by atoms with E-state index in [4.69, 9.17) is 5.11 Å². The number of anilines is 1. The van der Waals surface area contributed by atoms with Gasteiger partial charge in [0.25, 0.3) is 0 Å². The van der Waals surface area contributed by atoms with Crippen LogP contribution in [0.5, 0.6) is 5.75 Å². The van der Waals surface area contributed by atoms with Crippen LogP contribution in [0.25, 0.3) is 0 Å². The lowest BCUT2D eigenvalue weighted by atomic mass is 10.1. The van der Waals surface area contributed by atoms with Crippen LogP contribution < -0.4 is 4.90 Å². The summed E-state index contributed by atoms with van der Waals surface area (Å²) in [6, 6.07) is 6.85. The second-order valence-electron chi connectivity index (χ2n) is 4.46. The summed E-state index contributed by atoms with van der Waals surface area (Å²) >= 11 is 0. The van der Waals surface area contributed by atoms with Gasteiger partial charge in [-0.05, 0) is 25.0 Å². The minimum absolute atomic E-state index is 0.199. The standard InChI is InChI=1S/C12H15NO3/c1-13(8-12(5-6-12)11(15)16)9-3-2-4-10(14)7-9/h2-4,7,14H,5-6,8H2,1H3,(H,15,16). The smallest absolute Gasteiger partial charge is 0.311 e. The lowest BCUT2D eigenvalue weighted by Gasteiger charge is -2.23. The Morgan fingerprint density at radius 1 is 1.50 bits per heavy atom. The van der Waals surface area contributed by atoms with E-state index in [0.717, 1.165) is 18.5 Å². The zero-order chi connectivity index (χ0) is 11.8. The fourth-order valence-electron chi connectivity index (χ4n) is 1.87. The van der Waals surface area contributed by atoms with Crippen LogP contribution in [-0.2, 0) is 4.79 Å². The SMILES string of the molecule is CN(CC1(C(=O)O)CC1)c1cccc(O)c1. The van der Waals surface area contributed by atoms with Gasteiger partial charge in [-0.25, -0.2) is 0 Å². The monoisotopic (exact) mass is 221 g/mol. The Balaban J connectivity index is 2.09. The molecule has 0 unspecified atom stereocenters. The molecule has 2 rings (SSSR count). The first kappa shape index (κ1) is 10.8. The van der Waals surface area contributed by atoms with Gasteiger partial charge < -0.3 is 15.1 Å². The van der Waals surface area contributed by atoms with E-state index in [9.17, 15) is 9.90 Å². The molecule has 0 atom stereocenters. The summed E-state index contributed by atoms with van der Waals surface area (Å²) in [5, 5.41) is 18.4. The van der Waals surface area contributed by atoms with Crippen LogP contribution in [0.15, 0.2) is 24.3 Å². The van der Waals surface area contributed by atoms with E-state index in [0.29, 0.717) is 6.54 Å². The van der Waals surface area contributed by atoms with Crippen molar-refractivity contribution in [3.8, 4) is 5.75 Å². The van der Waals surface area contributed by atoms with Gasteiger partial charge in [-0.3, -0.25) is 4.79 Å². The maximum Gasteiger partial charge on any atom is 0.311 e. The number of phenols is 1. The molecule has 16 heavy (non-hydrogen) atoms. The summed E-state index contributed by atoms with van der Waals surface area (Å²) in [5.41, 5.74) is 0.271. The number of hydrogen-bond donors (Lipinski definition) is 2. The molecule has 1 aromatic carbocycles. The molecule has 0 aromatic heterocycles. The highest BCUT2D eigenvalue weighted by molar-refractivity contribution is 5.78. The molecule has 0 aliphatic heterocycles. The topological polar surface area (TPSA) is 60.8 Å². The summed E-state index contributed by atoms with van der Waals surface area (Å²) in [4.78, 5) is 12.9. The number of benzene rings is 1. The summed E-state index contributed by atoms with van der Waals surface area (Å²) in [6.07, 6.45) is 1.48. The molecule has 4 nitrogen and oxygen atoms in total. The van der Waals surface area contributed by atoms with Crippen LogP contribution in [0, 0.1) is 5.41 Å². The van der Waals surface area contributed by atoms with Crippen molar-refractivity contribution >= 4 is 11.7 Å². The van der Waals surface area contributed by atoms with E-state index in [1.165, 1.54) is 0 Å². The summed E-state index contributed by atoms with van der Waals surface area (Å²) < 4.78 is 0. The molecule has 0 spiro atoms. The maximum atomic E-state index is 11.0. The van der Waals surface area contributed by atoms with Crippen LogP contribution in [0.3, 0.4) is 0 Å². The summed E-state index contributed by atoms with van der Waals surface area (Å²) in [5.74, 6) is -0.524. The second-order valence-corrected chi connectivity index (χ2v) is 4.46. The van der Waals surface area contributed by atoms with Crippen molar-refractivity contribution in [1.82, 2.24) is 0 Å². The number of carboxylic acids is 1. The molecule has 2 N–H and O–H groups in total. The van der Waals surface area contributed by atoms with Gasteiger partial charge in [0.15, 0.2) is 0 Å². The number of phenolic OH excluding ortho intramolecular Hbond substituents is 1. The van der Waals surface area contributed by atoms with Crippen LogP contribution >= 0.6 is 0 Å². The highest BCUT2D eigenvalue weighted by Gasteiger charge is 2.50. The average molecular weight is 221 g/mol. The first-order chi connectivity index (χ1) is 7.53. The highest BCUT2D eigenvalue weighted by Crippen LogP contribution is 2.46. The molecular weight excluding hydrogens is 206 g/mol. The predicted molar refractivity (Wildman–Crippen MR) is 60.7 cm³/mol. The van der Waals surface area contributed by atoms with Crippen LogP contribution in [-0.4, -0.2) is 29.8 Å². The molecule has 1 aromatic rings. The Morgan fingerprint density at radius 3 is 2.69 bits per heavy atom. The average Bonchev–Trinajstić information content (AvgIpc) is 2.99. The zero-order valence-electron chi connectivity index (χ0n) is 9.18. The van der Waals surface area contributed by atoms with Gasteiger partial charge in [0.1, 0.15) is 5.75 Å². The van der Waals surface area contributed by atoms with Gasteiger partial charge in [0.05, 0.1) is 5.41 Å². The summed E-state index contributed by atoms with van der Waals surface area (Å²) in [7, 11) is 1.85. The fraction of sp³-hybridized carbons (Fsp3) is 0.417. The van der Waals surface area contributed by atoms with E-state index in [2.05, 4.69) is 0 Å². The first-order valence-electron chi connectivity index (χ1n) is 5.27. The molecule has 0 radical (unpaired) electrons. The predicted octanol–water partition coefficient (Wildman–Crippen LogP) is 1.69. The van der Waals surface area contributed by atoms with Gasteiger partial charge in [-0.2, -0.15) is 0 Å². The van der Waals surface area contributed by atoms with Crippen molar-refractivity contribution in [1.29, 1.82) is 0 Å². The molecule has 86 valence electrons. The van der Waals surface area contributed by atoms with Gasteiger partial charge in [-0.15, -0.1) is 0 Å². The minimum atomic E-state index is -0.723. The number of carboxylic acid groups (broad SMARTS) is 1. The Labute approximate surface area is 94.1 Å². The Morgan fingerprint density at radius 2 is 2.19 bits per heavy atom. The van der Waals surface area contributed by atoms with Crippen LogP contribution in [0.4, 0.5) is 5.69 Å². The van der Waals surface area contributed by atoms with E-state index in [-0.39, 0.29) is 5.75 Å². The Kier molecular flexibility index (Phi) is 2.50. The van der Waals surface area contributed by atoms with Crippen molar-refractivity contribution in [2.45, 2.75) is 12.8 Å². The third-order valence-corrected chi connectivity index (χ3v) is 3.12. The van der Waals surface area contributed by atoms with Crippen molar-refractivity contribution < 1.29 is 15.0 Å². The lowest BCUT2D eigenvalue weighted by molar-refractivity contribution is -0.142. The lowest BCUT2D eigenvalue weighted by Crippen LogP contribution is -2.31. The van der Waals surface area contributed by atoms with E-state index in [1.54, 1.807) is 18.2 Å². The quantitative estimate of drug-likeness (QED) is 0.812. The molecule has 1 aliphatic carbocycles. The molecule has 1 saturated carbocycles. The molecule has 0 bridgehead atoms. The number of carbonyl (C=O) groups is 1. The highest BCUT2D eigenvalue weighted by atomic mass is 16.4. The molecule has 1 aliphatic rings. The van der Waals surface area contributed by atoms with Gasteiger partial charge in [0.2, 0.25) is 0 Å². The third-order valence-electron chi connectivity index (χ3n) is 3.12. The van der Waals surface area contributed by atoms with Crippen molar-refractivity contribution in [2.24, 2.45) is 5.41 Å². The van der Waals surface area contributed by atoms with Gasteiger partial charge in [-0.1, -0.05) is 6.07 Å². The number of hydrogen-bond acceptors (Lipinski definition) is 3. The van der Waals surface area contributed by atoms with E-state index < -0.39 is 11.4 Å². The van der Waals surface area contributed by atoms with Gasteiger partial charge >= 0.3 is 5.97 Å². The molecule has 0 amide bonds. The minimum Gasteiger partial charge on any atom is -0.508 e. The van der Waals surface area contributed by atoms with Crippen LogP contribution in [0.2, 0.25) is 0 Å². The van der Waals surface area contributed by atoms with Crippen LogP contribution in [0.1, 0.15) is 12.8 Å². The molecular formula is C12H15NO3. The number of aromatic hydroxyl groups is 1. The first-order valence-corrected chi connectivity index (χ1v) is 5.27. The van der Waals surface area contributed by atoms with E-state index >= 15 is 0 Å². The normalized spacial score (nSPS) is 16.8. The van der Waals surface area contributed by atoms with Crippen molar-refractivity contribution in [3.63, 3.8) is 0 Å². The maximum absolute atomic E-state index is 11.0. The number of nitrogens with zero attached hydrogens (tertiary/aromatic N) is 1. The molecule has 0 heterocycles.